The van der Waals surface area contributed by atoms with Gasteiger partial charge in [-0.25, -0.2) is 0 Å². The molecule has 0 aliphatic carbocycles. The van der Waals surface area contributed by atoms with Crippen molar-refractivity contribution >= 4 is 11.4 Å². The number of hydrogen-bond donors (Lipinski definition) is 2. The molecular weight excluding hydrogens is 200 g/mol. The van der Waals surface area contributed by atoms with E-state index in [1.807, 2.05) is 18.2 Å². The van der Waals surface area contributed by atoms with Gasteiger partial charge in [-0.3, -0.25) is 0 Å². The van der Waals surface area contributed by atoms with E-state index in [9.17, 15) is 0 Å². The lowest BCUT2D eigenvalue weighted by Crippen LogP contribution is -2.13. The van der Waals surface area contributed by atoms with E-state index in [4.69, 9.17) is 10.5 Å². The molecule has 1 rings (SSSR count). The quantitative estimate of drug-likeness (QED) is 0.727. The van der Waals surface area contributed by atoms with Crippen molar-refractivity contribution < 1.29 is 4.74 Å². The Morgan fingerprint density at radius 3 is 2.56 bits per heavy atom. The van der Waals surface area contributed by atoms with Gasteiger partial charge in [-0.05, 0) is 18.1 Å². The predicted octanol–water partition coefficient (Wildman–Crippen LogP) is 3.13. The third-order valence-corrected chi connectivity index (χ3v) is 3.00. The first-order valence-corrected chi connectivity index (χ1v) is 5.88. The van der Waals surface area contributed by atoms with Gasteiger partial charge in [-0.1, -0.05) is 26.7 Å². The van der Waals surface area contributed by atoms with Crippen molar-refractivity contribution in [3.05, 3.63) is 18.2 Å². The average Bonchev–Trinajstić information content (AvgIpc) is 2.32. The van der Waals surface area contributed by atoms with Gasteiger partial charge < -0.3 is 15.8 Å². The standard InChI is InChI=1S/C13H22N2O/c1-4-10(5-2)9-15-13-8-11(16-3)6-7-12(13)14/h6-8,10,15H,4-5,9,14H2,1-3H3. The second-order valence-corrected chi connectivity index (χ2v) is 4.02. The zero-order chi connectivity index (χ0) is 12.0. The molecule has 0 heterocycles. The van der Waals surface area contributed by atoms with E-state index in [0.29, 0.717) is 5.92 Å². The molecule has 0 aliphatic rings. The van der Waals surface area contributed by atoms with Crippen LogP contribution in [0.1, 0.15) is 26.7 Å². The molecule has 0 radical (unpaired) electrons. The van der Waals surface area contributed by atoms with Crippen LogP contribution < -0.4 is 15.8 Å². The van der Waals surface area contributed by atoms with Crippen LogP contribution in [0.5, 0.6) is 5.75 Å². The van der Waals surface area contributed by atoms with E-state index in [1.54, 1.807) is 7.11 Å². The monoisotopic (exact) mass is 222 g/mol. The molecule has 90 valence electrons. The Balaban J connectivity index is 2.65. The molecule has 0 unspecified atom stereocenters. The van der Waals surface area contributed by atoms with Crippen LogP contribution in [0, 0.1) is 5.92 Å². The second kappa shape index (κ2) is 6.26. The highest BCUT2D eigenvalue weighted by molar-refractivity contribution is 5.68. The van der Waals surface area contributed by atoms with Gasteiger partial charge in [0, 0.05) is 12.6 Å². The van der Waals surface area contributed by atoms with Gasteiger partial charge in [-0.2, -0.15) is 0 Å². The summed E-state index contributed by atoms with van der Waals surface area (Å²) in [6.45, 7) is 5.39. The zero-order valence-electron chi connectivity index (χ0n) is 10.4. The molecule has 0 bridgehead atoms. The highest BCUT2D eigenvalue weighted by Gasteiger charge is 2.05. The Labute approximate surface area is 98.0 Å². The summed E-state index contributed by atoms with van der Waals surface area (Å²) in [7, 11) is 1.66. The summed E-state index contributed by atoms with van der Waals surface area (Å²) in [6, 6.07) is 5.68. The lowest BCUT2D eigenvalue weighted by atomic mass is 10.0. The number of benzene rings is 1. The van der Waals surface area contributed by atoms with Gasteiger partial charge in [0.2, 0.25) is 0 Å². The third kappa shape index (κ3) is 3.33. The Hall–Kier alpha value is -1.38. The predicted molar refractivity (Wildman–Crippen MR) is 70.0 cm³/mol. The maximum Gasteiger partial charge on any atom is 0.121 e. The number of methoxy groups -OCH3 is 1. The summed E-state index contributed by atoms with van der Waals surface area (Å²) in [6.07, 6.45) is 2.38. The highest BCUT2D eigenvalue weighted by atomic mass is 16.5. The van der Waals surface area contributed by atoms with Gasteiger partial charge in [0.05, 0.1) is 18.5 Å². The zero-order valence-corrected chi connectivity index (χ0v) is 10.4. The molecule has 0 spiro atoms. The fraction of sp³-hybridized carbons (Fsp3) is 0.538. The van der Waals surface area contributed by atoms with Crippen LogP contribution in [-0.2, 0) is 0 Å². The Kier molecular flexibility index (Phi) is 4.96. The molecule has 0 amide bonds. The number of nitrogens with one attached hydrogen (secondary N) is 1. The largest absolute Gasteiger partial charge is 0.497 e. The van der Waals surface area contributed by atoms with E-state index in [0.717, 1.165) is 23.7 Å². The molecule has 0 saturated heterocycles. The summed E-state index contributed by atoms with van der Waals surface area (Å²) in [5.41, 5.74) is 7.63. The van der Waals surface area contributed by atoms with Crippen molar-refractivity contribution in [2.45, 2.75) is 26.7 Å². The van der Waals surface area contributed by atoms with Crippen LogP contribution in [0.25, 0.3) is 0 Å². The molecule has 0 aliphatic heterocycles. The fourth-order valence-corrected chi connectivity index (χ4v) is 1.65. The van der Waals surface area contributed by atoms with Crippen molar-refractivity contribution in [2.75, 3.05) is 24.7 Å². The molecular formula is C13H22N2O. The van der Waals surface area contributed by atoms with E-state index in [1.165, 1.54) is 12.8 Å². The Bertz CT molecular complexity index is 322. The molecule has 0 saturated carbocycles. The van der Waals surface area contributed by atoms with Gasteiger partial charge in [0.25, 0.3) is 0 Å². The number of nitrogen functional groups attached to an aromatic ring is 1. The van der Waals surface area contributed by atoms with Crippen LogP contribution >= 0.6 is 0 Å². The van der Waals surface area contributed by atoms with E-state index in [2.05, 4.69) is 19.2 Å². The molecule has 1 aromatic carbocycles. The molecule has 3 nitrogen and oxygen atoms in total. The first-order chi connectivity index (χ1) is 7.71. The SMILES string of the molecule is CCC(CC)CNc1cc(OC)ccc1N. The second-order valence-electron chi connectivity index (χ2n) is 4.02. The summed E-state index contributed by atoms with van der Waals surface area (Å²) in [4.78, 5) is 0. The topological polar surface area (TPSA) is 47.3 Å². The van der Waals surface area contributed by atoms with Gasteiger partial charge in [0.1, 0.15) is 5.75 Å². The van der Waals surface area contributed by atoms with Gasteiger partial charge in [-0.15, -0.1) is 0 Å². The number of rotatable bonds is 6. The Morgan fingerprint density at radius 2 is 2.00 bits per heavy atom. The first kappa shape index (κ1) is 12.7. The minimum absolute atomic E-state index is 0.700. The van der Waals surface area contributed by atoms with Crippen LogP contribution in [0.15, 0.2) is 18.2 Å². The summed E-state index contributed by atoms with van der Waals surface area (Å²) in [5.74, 6) is 1.53. The third-order valence-electron chi connectivity index (χ3n) is 3.00. The van der Waals surface area contributed by atoms with Gasteiger partial charge in [0.15, 0.2) is 0 Å². The van der Waals surface area contributed by atoms with Crippen LogP contribution in [0.3, 0.4) is 0 Å². The maximum absolute atomic E-state index is 5.90. The Morgan fingerprint density at radius 1 is 1.31 bits per heavy atom. The summed E-state index contributed by atoms with van der Waals surface area (Å²) < 4.78 is 5.17. The van der Waals surface area contributed by atoms with Crippen molar-refractivity contribution in [1.29, 1.82) is 0 Å². The van der Waals surface area contributed by atoms with E-state index in [-0.39, 0.29) is 0 Å². The lowest BCUT2D eigenvalue weighted by Gasteiger charge is -2.16. The van der Waals surface area contributed by atoms with Crippen molar-refractivity contribution in [3.63, 3.8) is 0 Å². The fourth-order valence-electron chi connectivity index (χ4n) is 1.65. The van der Waals surface area contributed by atoms with Crippen molar-refractivity contribution in [3.8, 4) is 5.75 Å². The number of anilines is 2. The number of nitrogens with two attached hydrogens (primary N) is 1. The smallest absolute Gasteiger partial charge is 0.121 e. The maximum atomic E-state index is 5.90. The minimum atomic E-state index is 0.700. The molecule has 0 fully saturated rings. The first-order valence-electron chi connectivity index (χ1n) is 5.88. The van der Waals surface area contributed by atoms with E-state index >= 15 is 0 Å². The molecule has 3 heteroatoms. The van der Waals surface area contributed by atoms with Gasteiger partial charge >= 0.3 is 0 Å². The average molecular weight is 222 g/mol. The summed E-state index contributed by atoms with van der Waals surface area (Å²) >= 11 is 0. The van der Waals surface area contributed by atoms with Crippen LogP contribution in [-0.4, -0.2) is 13.7 Å². The van der Waals surface area contributed by atoms with Crippen LogP contribution in [0.4, 0.5) is 11.4 Å². The molecule has 3 N–H and O–H groups in total. The molecule has 0 aromatic heterocycles. The summed E-state index contributed by atoms with van der Waals surface area (Å²) in [5, 5.41) is 3.38. The van der Waals surface area contributed by atoms with Crippen LogP contribution in [0.2, 0.25) is 0 Å². The number of hydrogen-bond acceptors (Lipinski definition) is 3. The molecule has 1 aromatic rings. The van der Waals surface area contributed by atoms with Crippen molar-refractivity contribution in [1.82, 2.24) is 0 Å². The van der Waals surface area contributed by atoms with E-state index < -0.39 is 0 Å². The normalized spacial score (nSPS) is 10.5. The number of ether oxygens (including phenoxy) is 1. The molecule has 0 atom stereocenters. The molecule has 16 heavy (non-hydrogen) atoms. The highest BCUT2D eigenvalue weighted by Crippen LogP contribution is 2.24. The minimum Gasteiger partial charge on any atom is -0.497 e. The lowest BCUT2D eigenvalue weighted by molar-refractivity contribution is 0.415. The van der Waals surface area contributed by atoms with Crippen molar-refractivity contribution in [2.24, 2.45) is 5.92 Å².